The molecule has 0 unspecified atom stereocenters. The summed E-state index contributed by atoms with van der Waals surface area (Å²) in [6.07, 6.45) is 0. The fraction of sp³-hybridized carbons (Fsp3) is 0.222. The van der Waals surface area contributed by atoms with Crippen molar-refractivity contribution in [1.82, 2.24) is 0 Å². The van der Waals surface area contributed by atoms with Crippen LogP contribution in [0.2, 0.25) is 0 Å². The summed E-state index contributed by atoms with van der Waals surface area (Å²) in [4.78, 5) is 28.0. The Morgan fingerprint density at radius 3 is 1.67 bits per heavy atom. The topological polar surface area (TPSA) is 118 Å². The van der Waals surface area contributed by atoms with Crippen LogP contribution in [-0.2, 0) is 64.9 Å². The Morgan fingerprint density at radius 1 is 1.22 bits per heavy atom. The van der Waals surface area contributed by atoms with Gasteiger partial charge in [-0.05, 0) is 12.3 Å². The molecule has 9 heteroatoms. The normalized spacial score (nSPS) is 6.33. The van der Waals surface area contributed by atoms with Gasteiger partial charge in [0.2, 0.25) is 0 Å². The molecule has 90 valence electrons. The first-order valence-corrected chi connectivity index (χ1v) is 4.55. The van der Waals surface area contributed by atoms with Gasteiger partial charge in [-0.25, -0.2) is 0 Å². The number of hydrogen-bond donors (Lipinski definition) is 1. The van der Waals surface area contributed by atoms with E-state index in [4.69, 9.17) is 19.8 Å². The van der Waals surface area contributed by atoms with Crippen molar-refractivity contribution in [2.75, 3.05) is 0 Å². The van der Waals surface area contributed by atoms with Crippen LogP contribution in [-0.4, -0.2) is 23.0 Å². The zero-order valence-electron chi connectivity index (χ0n) is 9.89. The van der Waals surface area contributed by atoms with Crippen LogP contribution in [0, 0.1) is 11.4 Å². The molecule has 1 N–H and O–H groups in total. The number of carboxylic acids is 3. The van der Waals surface area contributed by atoms with Gasteiger partial charge in [-0.2, -0.15) is 0 Å². The van der Waals surface area contributed by atoms with Gasteiger partial charge in [-0.3, -0.25) is 4.79 Å². The molecule has 0 aliphatic carbocycles. The van der Waals surface area contributed by atoms with Crippen molar-refractivity contribution in [3.8, 4) is 0 Å². The molecule has 18 heavy (non-hydrogen) atoms. The third kappa shape index (κ3) is 29.7. The standard InChI is InChI=1S/C5H2O2S.2C2H4O2.2Hg/c6-5(7)4-2-1-3-8-4;2*1-2(3)4;;/h2H,(H,6,7);2*1H3,(H,3,4);;/q;;;2*+1/p-2. The third-order valence-corrected chi connectivity index (χ3v) is 1.35. The van der Waals surface area contributed by atoms with E-state index >= 15 is 0 Å². The minimum atomic E-state index is -1.16. The van der Waals surface area contributed by atoms with E-state index in [1.807, 2.05) is 0 Å². The Hall–Kier alpha value is -0.200. The molecule has 0 aliphatic heterocycles. The average molecular weight is 645 g/mol. The monoisotopic (exact) mass is 648 g/mol. The second kappa shape index (κ2) is 16.8. The number of aromatic carboxylic acids is 1. The summed E-state index contributed by atoms with van der Waals surface area (Å²) in [5.74, 6) is -3.08. The molecule has 0 aliphatic rings. The van der Waals surface area contributed by atoms with Crippen molar-refractivity contribution >= 4 is 29.2 Å². The molecule has 1 aromatic heterocycles. The van der Waals surface area contributed by atoms with Gasteiger partial charge in [0, 0.05) is 19.0 Å². The first-order valence-electron chi connectivity index (χ1n) is 3.73. The van der Waals surface area contributed by atoms with Gasteiger partial charge < -0.3 is 24.9 Å². The maximum absolute atomic E-state index is 9.92. The van der Waals surface area contributed by atoms with E-state index in [2.05, 4.69) is 11.4 Å². The van der Waals surface area contributed by atoms with Gasteiger partial charge in [0.1, 0.15) is 0 Å². The molecule has 6 nitrogen and oxygen atoms in total. The van der Waals surface area contributed by atoms with Crippen molar-refractivity contribution in [1.29, 1.82) is 0 Å². The van der Waals surface area contributed by atoms with Crippen molar-refractivity contribution in [3.63, 3.8) is 0 Å². The fourth-order valence-corrected chi connectivity index (χ4v) is 0.738. The van der Waals surface area contributed by atoms with Gasteiger partial charge >= 0.3 is 55.3 Å². The van der Waals surface area contributed by atoms with E-state index in [9.17, 15) is 9.90 Å². The van der Waals surface area contributed by atoms with Gasteiger partial charge in [0.05, 0.1) is 10.8 Å². The Bertz CT molecular complexity index is 319. The van der Waals surface area contributed by atoms with Crippen molar-refractivity contribution in [3.05, 3.63) is 22.4 Å². The summed E-state index contributed by atoms with van der Waals surface area (Å²) in [5.41, 5.74) is 0. The maximum Gasteiger partial charge on any atom is 1.00 e. The zero-order chi connectivity index (χ0) is 13.1. The summed E-state index contributed by atoms with van der Waals surface area (Å²) in [5, 5.41) is 28.7. The smallest absolute Gasteiger partial charge is 0.550 e. The minimum absolute atomic E-state index is 0. The van der Waals surface area contributed by atoms with E-state index in [0.29, 0.717) is 0 Å². The van der Waals surface area contributed by atoms with E-state index < -0.39 is 17.9 Å². The van der Waals surface area contributed by atoms with E-state index in [-0.39, 0.29) is 60.2 Å². The SMILES string of the molecule is CC(=O)O.CC(=O)[O-].O=C([O-])c1cc#cs1.[Hg+].[Hg+]. The molecule has 1 aromatic rings. The molecular formula is C9H8Hg2O6S. The van der Waals surface area contributed by atoms with Crippen LogP contribution in [0.5, 0.6) is 0 Å². The first kappa shape index (κ1) is 26.4. The van der Waals surface area contributed by atoms with Crippen molar-refractivity contribution in [2.45, 2.75) is 13.8 Å². The molecule has 1 heterocycles. The first-order chi connectivity index (χ1) is 7.27. The second-order valence-corrected chi connectivity index (χ2v) is 3.00. The van der Waals surface area contributed by atoms with Crippen molar-refractivity contribution < 1.29 is 85.0 Å². The van der Waals surface area contributed by atoms with Gasteiger partial charge in [-0.1, -0.05) is 17.4 Å². The third-order valence-electron chi connectivity index (χ3n) is 0.624. The van der Waals surface area contributed by atoms with Crippen LogP contribution in [0.3, 0.4) is 0 Å². The maximum atomic E-state index is 9.92. The molecule has 0 amide bonds. The van der Waals surface area contributed by atoms with E-state index in [0.717, 1.165) is 25.2 Å². The summed E-state index contributed by atoms with van der Waals surface area (Å²) < 4.78 is 0. The number of aliphatic carboxylic acids is 2. The Balaban J connectivity index is -0.0000000860. The van der Waals surface area contributed by atoms with Crippen LogP contribution in [0.4, 0.5) is 0 Å². The van der Waals surface area contributed by atoms with Crippen molar-refractivity contribution in [2.24, 2.45) is 0 Å². The zero-order valence-corrected chi connectivity index (χ0v) is 21.7. The van der Waals surface area contributed by atoms with Crippen LogP contribution < -0.4 is 10.2 Å². The molecular weight excluding hydrogens is 637 g/mol. The van der Waals surface area contributed by atoms with Gasteiger partial charge in [0.15, 0.2) is 0 Å². The Kier molecular flexibility index (Phi) is 24.6. The fourth-order valence-electron chi connectivity index (χ4n) is 0.310. The molecule has 0 saturated heterocycles. The summed E-state index contributed by atoms with van der Waals surface area (Å²) >= 11 is 0.988. The molecule has 0 atom stereocenters. The number of hydrogen-bond acceptors (Lipinski definition) is 6. The predicted molar refractivity (Wildman–Crippen MR) is 50.3 cm³/mol. The van der Waals surface area contributed by atoms with Crippen LogP contribution in [0.25, 0.3) is 0 Å². The van der Waals surface area contributed by atoms with Crippen LogP contribution >= 0.6 is 11.3 Å². The average Bonchev–Trinajstić information content (AvgIpc) is 2.52. The number of carbonyl (C=O) groups is 3. The van der Waals surface area contributed by atoms with Crippen LogP contribution in [0.1, 0.15) is 23.5 Å². The second-order valence-electron chi connectivity index (χ2n) is 2.16. The van der Waals surface area contributed by atoms with E-state index in [1.54, 1.807) is 0 Å². The largest absolute Gasteiger partial charge is 1.00 e. The Morgan fingerprint density at radius 2 is 1.56 bits per heavy atom. The number of carboxylic acid groups (broad SMARTS) is 3. The molecule has 1 rings (SSSR count). The molecule has 0 aromatic carbocycles. The van der Waals surface area contributed by atoms with Crippen LogP contribution in [0.15, 0.2) is 6.07 Å². The quantitative estimate of drug-likeness (QED) is 0.374. The Labute approximate surface area is 149 Å². The number of carbonyl (C=O) groups excluding carboxylic acids is 2. The summed E-state index contributed by atoms with van der Waals surface area (Å²) in [6, 6.07) is 3.82. The van der Waals surface area contributed by atoms with Gasteiger partial charge in [0.25, 0.3) is 5.97 Å². The molecule has 2 radical (unpaired) electrons. The molecule has 0 bridgehead atoms. The summed E-state index contributed by atoms with van der Waals surface area (Å²) in [6.45, 7) is 2.06. The number of rotatable bonds is 1. The molecule has 0 fully saturated rings. The molecule has 0 spiro atoms. The molecule has 0 saturated carbocycles. The predicted octanol–water partition coefficient (Wildman–Crippen LogP) is -1.45. The summed E-state index contributed by atoms with van der Waals surface area (Å²) in [7, 11) is 0. The van der Waals surface area contributed by atoms with E-state index in [1.165, 1.54) is 6.07 Å². The minimum Gasteiger partial charge on any atom is -0.550 e. The van der Waals surface area contributed by atoms with Gasteiger partial charge in [-0.15, -0.1) is 0 Å².